The van der Waals surface area contributed by atoms with Crippen LogP contribution in [0.5, 0.6) is 11.5 Å². The van der Waals surface area contributed by atoms with Crippen LogP contribution < -0.4 is 10.5 Å². The molecular weight excluding hydrogens is 250 g/mol. The molecule has 1 aromatic heterocycles. The minimum absolute atomic E-state index is 0.0136. The molecule has 1 heterocycles. The Labute approximate surface area is 118 Å². The maximum Gasteiger partial charge on any atom is 0.156 e. The molecule has 0 atom stereocenters. The van der Waals surface area contributed by atoms with Gasteiger partial charge in [-0.15, -0.1) is 0 Å². The van der Waals surface area contributed by atoms with Crippen LogP contribution in [-0.2, 0) is 12.8 Å². The molecule has 2 aromatic rings. The van der Waals surface area contributed by atoms with E-state index in [-0.39, 0.29) is 5.84 Å². The summed E-state index contributed by atoms with van der Waals surface area (Å²) in [5.74, 6) is 1.29. The number of benzene rings is 1. The van der Waals surface area contributed by atoms with Crippen molar-refractivity contribution in [1.82, 2.24) is 4.98 Å². The van der Waals surface area contributed by atoms with E-state index in [1.54, 1.807) is 18.5 Å². The van der Waals surface area contributed by atoms with Gasteiger partial charge in [-0.1, -0.05) is 6.07 Å². The molecule has 0 amide bonds. The molecule has 0 aliphatic heterocycles. The third-order valence-electron chi connectivity index (χ3n) is 3.62. The minimum atomic E-state index is -0.0136. The van der Waals surface area contributed by atoms with Crippen LogP contribution in [0.4, 0.5) is 0 Å². The standard InChI is InChI=1S/C16H17N3O/c17-16(18)14-7-8-19-10-15(14)20-13-6-5-11-3-1-2-4-12(11)9-13/h5-10H,1-4H2,(H3,17,18). The molecule has 1 aromatic carbocycles. The summed E-state index contributed by atoms with van der Waals surface area (Å²) >= 11 is 0. The highest BCUT2D eigenvalue weighted by atomic mass is 16.5. The average molecular weight is 267 g/mol. The SMILES string of the molecule is N=C(N)c1ccncc1Oc1ccc2c(c1)CCCC2. The van der Waals surface area contributed by atoms with Crippen molar-refractivity contribution < 1.29 is 4.74 Å². The third kappa shape index (κ3) is 2.50. The van der Waals surface area contributed by atoms with Gasteiger partial charge in [0.05, 0.1) is 11.8 Å². The second-order valence-corrected chi connectivity index (χ2v) is 5.03. The Morgan fingerprint density at radius 1 is 1.15 bits per heavy atom. The number of hydrogen-bond acceptors (Lipinski definition) is 3. The van der Waals surface area contributed by atoms with Crippen molar-refractivity contribution in [1.29, 1.82) is 5.41 Å². The molecule has 0 unspecified atom stereocenters. The second kappa shape index (κ2) is 5.33. The van der Waals surface area contributed by atoms with Gasteiger partial charge in [-0.2, -0.15) is 0 Å². The number of ether oxygens (including phenoxy) is 1. The smallest absolute Gasteiger partial charge is 0.156 e. The number of nitrogens with zero attached hydrogens (tertiary/aromatic N) is 1. The molecule has 4 heteroatoms. The normalized spacial score (nSPS) is 13.6. The topological polar surface area (TPSA) is 72.0 Å². The van der Waals surface area contributed by atoms with E-state index in [0.29, 0.717) is 11.3 Å². The molecule has 1 aliphatic rings. The van der Waals surface area contributed by atoms with Gasteiger partial charge in [0.25, 0.3) is 0 Å². The van der Waals surface area contributed by atoms with E-state index >= 15 is 0 Å². The zero-order chi connectivity index (χ0) is 13.9. The summed E-state index contributed by atoms with van der Waals surface area (Å²) in [7, 11) is 0. The molecule has 0 saturated heterocycles. The van der Waals surface area contributed by atoms with Gasteiger partial charge in [-0.3, -0.25) is 10.4 Å². The minimum Gasteiger partial charge on any atom is -0.455 e. The summed E-state index contributed by atoms with van der Waals surface area (Å²) in [6.45, 7) is 0. The number of amidine groups is 1. The fourth-order valence-corrected chi connectivity index (χ4v) is 2.58. The van der Waals surface area contributed by atoms with Gasteiger partial charge in [0, 0.05) is 6.20 Å². The fourth-order valence-electron chi connectivity index (χ4n) is 2.58. The van der Waals surface area contributed by atoms with Crippen LogP contribution in [0, 0.1) is 5.41 Å². The number of aryl methyl sites for hydroxylation is 2. The van der Waals surface area contributed by atoms with E-state index in [1.807, 2.05) is 6.07 Å². The van der Waals surface area contributed by atoms with Crippen molar-refractivity contribution in [2.45, 2.75) is 25.7 Å². The number of nitrogen functional groups attached to an aromatic ring is 1. The third-order valence-corrected chi connectivity index (χ3v) is 3.62. The maximum absolute atomic E-state index is 7.56. The Morgan fingerprint density at radius 3 is 2.75 bits per heavy atom. The van der Waals surface area contributed by atoms with E-state index in [9.17, 15) is 0 Å². The zero-order valence-electron chi connectivity index (χ0n) is 11.2. The van der Waals surface area contributed by atoms with Crippen molar-refractivity contribution in [3.8, 4) is 11.5 Å². The molecule has 1 aliphatic carbocycles. The van der Waals surface area contributed by atoms with Crippen molar-refractivity contribution >= 4 is 5.84 Å². The highest BCUT2D eigenvalue weighted by molar-refractivity contribution is 5.97. The summed E-state index contributed by atoms with van der Waals surface area (Å²) in [5.41, 5.74) is 8.90. The van der Waals surface area contributed by atoms with Gasteiger partial charge >= 0.3 is 0 Å². The van der Waals surface area contributed by atoms with Gasteiger partial charge in [0.1, 0.15) is 11.6 Å². The summed E-state index contributed by atoms with van der Waals surface area (Å²) < 4.78 is 5.85. The number of pyridine rings is 1. The molecule has 0 bridgehead atoms. The lowest BCUT2D eigenvalue weighted by molar-refractivity contribution is 0.477. The Morgan fingerprint density at radius 2 is 1.95 bits per heavy atom. The van der Waals surface area contributed by atoms with Crippen molar-refractivity contribution in [2.24, 2.45) is 5.73 Å². The number of nitrogens with two attached hydrogens (primary N) is 1. The predicted molar refractivity (Wildman–Crippen MR) is 78.4 cm³/mol. The van der Waals surface area contributed by atoms with Crippen molar-refractivity contribution in [2.75, 3.05) is 0 Å². The molecule has 0 radical (unpaired) electrons. The van der Waals surface area contributed by atoms with Crippen molar-refractivity contribution in [3.05, 3.63) is 53.3 Å². The Balaban J connectivity index is 1.90. The van der Waals surface area contributed by atoms with Crippen LogP contribution in [0.15, 0.2) is 36.7 Å². The molecule has 102 valence electrons. The quantitative estimate of drug-likeness (QED) is 0.663. The van der Waals surface area contributed by atoms with Gasteiger partial charge in [-0.25, -0.2) is 0 Å². The first kappa shape index (κ1) is 12.7. The number of nitrogens with one attached hydrogen (secondary N) is 1. The predicted octanol–water partition coefficient (Wildman–Crippen LogP) is 3.04. The molecular formula is C16H17N3O. The van der Waals surface area contributed by atoms with E-state index in [2.05, 4.69) is 17.1 Å². The largest absolute Gasteiger partial charge is 0.455 e. The zero-order valence-corrected chi connectivity index (χ0v) is 11.2. The monoisotopic (exact) mass is 267 g/mol. The number of hydrogen-bond donors (Lipinski definition) is 2. The maximum atomic E-state index is 7.56. The highest BCUT2D eigenvalue weighted by Gasteiger charge is 2.12. The van der Waals surface area contributed by atoms with Crippen LogP contribution in [0.2, 0.25) is 0 Å². The summed E-state index contributed by atoms with van der Waals surface area (Å²) in [6, 6.07) is 7.89. The average Bonchev–Trinajstić information content (AvgIpc) is 2.47. The first-order valence-electron chi connectivity index (χ1n) is 6.82. The Kier molecular flexibility index (Phi) is 3.37. The van der Waals surface area contributed by atoms with Crippen molar-refractivity contribution in [3.63, 3.8) is 0 Å². The van der Waals surface area contributed by atoms with Crippen LogP contribution in [-0.4, -0.2) is 10.8 Å². The van der Waals surface area contributed by atoms with Crippen LogP contribution in [0.3, 0.4) is 0 Å². The van der Waals surface area contributed by atoms with Gasteiger partial charge in [0.2, 0.25) is 0 Å². The molecule has 0 saturated carbocycles. The second-order valence-electron chi connectivity index (χ2n) is 5.03. The summed E-state index contributed by atoms with van der Waals surface area (Å²) in [6.07, 6.45) is 7.97. The Bertz CT molecular complexity index is 652. The molecule has 0 spiro atoms. The molecule has 20 heavy (non-hydrogen) atoms. The van der Waals surface area contributed by atoms with E-state index in [4.69, 9.17) is 15.9 Å². The van der Waals surface area contributed by atoms with Crippen LogP contribution in [0.1, 0.15) is 29.5 Å². The first-order valence-corrected chi connectivity index (χ1v) is 6.82. The van der Waals surface area contributed by atoms with E-state index in [1.165, 1.54) is 24.0 Å². The summed E-state index contributed by atoms with van der Waals surface area (Å²) in [4.78, 5) is 4.03. The Hall–Kier alpha value is -2.36. The van der Waals surface area contributed by atoms with Gasteiger partial charge in [-0.05, 0) is 55.0 Å². The first-order chi connectivity index (χ1) is 9.74. The highest BCUT2D eigenvalue weighted by Crippen LogP contribution is 2.29. The van der Waals surface area contributed by atoms with Crippen LogP contribution in [0.25, 0.3) is 0 Å². The molecule has 3 N–H and O–H groups in total. The molecule has 0 fully saturated rings. The molecule has 4 nitrogen and oxygen atoms in total. The lowest BCUT2D eigenvalue weighted by atomic mass is 9.92. The fraction of sp³-hybridized carbons (Fsp3) is 0.250. The molecule has 3 rings (SSSR count). The summed E-state index contributed by atoms with van der Waals surface area (Å²) in [5, 5.41) is 7.56. The van der Waals surface area contributed by atoms with Gasteiger partial charge < -0.3 is 10.5 Å². The van der Waals surface area contributed by atoms with E-state index < -0.39 is 0 Å². The number of fused-ring (bicyclic) bond motifs is 1. The van der Waals surface area contributed by atoms with E-state index in [0.717, 1.165) is 18.6 Å². The number of aromatic nitrogens is 1. The lowest BCUT2D eigenvalue weighted by Crippen LogP contribution is -2.12. The van der Waals surface area contributed by atoms with Crippen LogP contribution >= 0.6 is 0 Å². The number of rotatable bonds is 3. The van der Waals surface area contributed by atoms with Gasteiger partial charge in [0.15, 0.2) is 5.75 Å². The lowest BCUT2D eigenvalue weighted by Gasteiger charge is -2.17.